The molecule has 0 aliphatic heterocycles. The Morgan fingerprint density at radius 2 is 1.68 bits per heavy atom. The molecule has 0 unspecified atom stereocenters. The molecule has 3 aromatic rings. The second kappa shape index (κ2) is 4.98. The van der Waals surface area contributed by atoms with Crippen LogP contribution >= 0.6 is 0 Å². The second-order valence-electron chi connectivity index (χ2n) is 4.33. The van der Waals surface area contributed by atoms with Gasteiger partial charge < -0.3 is 10.5 Å². The van der Waals surface area contributed by atoms with Crippen molar-refractivity contribution in [3.05, 3.63) is 66.2 Å². The Balaban J connectivity index is 1.86. The number of benzene rings is 2. The van der Waals surface area contributed by atoms with Crippen molar-refractivity contribution in [2.45, 2.75) is 6.61 Å². The fraction of sp³-hybridized carbons (Fsp3) is 0.0625. The lowest BCUT2D eigenvalue weighted by Gasteiger charge is -2.09. The summed E-state index contributed by atoms with van der Waals surface area (Å²) in [5.74, 6) is 1.35. The van der Waals surface area contributed by atoms with Crippen LogP contribution < -0.4 is 10.5 Å². The lowest BCUT2D eigenvalue weighted by Crippen LogP contribution is -2.02. The molecule has 0 atom stereocenters. The molecule has 0 bridgehead atoms. The first kappa shape index (κ1) is 11.5. The number of rotatable bonds is 3. The molecule has 0 saturated carbocycles. The Morgan fingerprint density at radius 1 is 0.947 bits per heavy atom. The quantitative estimate of drug-likeness (QED) is 0.775. The zero-order chi connectivity index (χ0) is 13.1. The Kier molecular flexibility index (Phi) is 3.02. The number of para-hydroxylation sites is 2. The smallest absolute Gasteiger partial charge is 0.130 e. The number of hydrogen-bond donors (Lipinski definition) is 1. The summed E-state index contributed by atoms with van der Waals surface area (Å²) in [5.41, 5.74) is 7.77. The highest BCUT2D eigenvalue weighted by atomic mass is 16.5. The first-order valence-electron chi connectivity index (χ1n) is 6.15. The summed E-state index contributed by atoms with van der Waals surface area (Å²) in [6.45, 7) is 0.424. The molecule has 3 heteroatoms. The summed E-state index contributed by atoms with van der Waals surface area (Å²) in [5, 5.41) is 1.07. The topological polar surface area (TPSA) is 48.1 Å². The van der Waals surface area contributed by atoms with Crippen LogP contribution in [0, 0.1) is 0 Å². The fourth-order valence-electron chi connectivity index (χ4n) is 1.97. The van der Waals surface area contributed by atoms with Gasteiger partial charge in [0.15, 0.2) is 0 Å². The van der Waals surface area contributed by atoms with E-state index in [9.17, 15) is 0 Å². The molecule has 94 valence electrons. The minimum absolute atomic E-state index is 0.424. The molecule has 3 rings (SSSR count). The summed E-state index contributed by atoms with van der Waals surface area (Å²) < 4.78 is 5.70. The summed E-state index contributed by atoms with van der Waals surface area (Å²) in [4.78, 5) is 4.39. The van der Waals surface area contributed by atoms with E-state index in [4.69, 9.17) is 10.5 Å². The highest BCUT2D eigenvalue weighted by molar-refractivity contribution is 5.81. The van der Waals surface area contributed by atoms with Crippen molar-refractivity contribution >= 4 is 16.7 Å². The Hall–Kier alpha value is -2.55. The van der Waals surface area contributed by atoms with Crippen molar-refractivity contribution < 1.29 is 4.74 Å². The van der Waals surface area contributed by atoms with Gasteiger partial charge in [0.2, 0.25) is 0 Å². The summed E-state index contributed by atoms with van der Waals surface area (Å²) in [6.07, 6.45) is 0. The maximum Gasteiger partial charge on any atom is 0.130 e. The summed E-state index contributed by atoms with van der Waals surface area (Å²) in [6, 6.07) is 19.6. The van der Waals surface area contributed by atoms with Crippen LogP contribution in [-0.4, -0.2) is 4.98 Å². The lowest BCUT2D eigenvalue weighted by molar-refractivity contribution is 0.307. The minimum Gasteiger partial charge on any atom is -0.489 e. The van der Waals surface area contributed by atoms with Crippen LogP contribution in [0.5, 0.6) is 5.75 Å². The summed E-state index contributed by atoms with van der Waals surface area (Å²) in [7, 11) is 0. The fourth-order valence-corrected chi connectivity index (χ4v) is 1.97. The van der Waals surface area contributed by atoms with E-state index in [1.807, 2.05) is 60.7 Å². The zero-order valence-corrected chi connectivity index (χ0v) is 10.4. The molecule has 0 fully saturated rings. The number of anilines is 1. The number of nitrogens with zero attached hydrogens (tertiary/aromatic N) is 1. The number of nitrogen functional groups attached to an aromatic ring is 1. The van der Waals surface area contributed by atoms with Gasteiger partial charge in [-0.15, -0.1) is 0 Å². The van der Waals surface area contributed by atoms with Gasteiger partial charge in [0.05, 0.1) is 5.52 Å². The van der Waals surface area contributed by atoms with E-state index < -0.39 is 0 Å². The zero-order valence-electron chi connectivity index (χ0n) is 10.4. The lowest BCUT2D eigenvalue weighted by atomic mass is 10.1. The van der Waals surface area contributed by atoms with E-state index in [1.165, 1.54) is 0 Å². The predicted molar refractivity (Wildman–Crippen MR) is 76.9 cm³/mol. The molecule has 1 heterocycles. The molecular formula is C16H14N2O. The van der Waals surface area contributed by atoms with Crippen molar-refractivity contribution in [3.8, 4) is 5.75 Å². The number of nitrogens with two attached hydrogens (primary N) is 1. The molecule has 3 nitrogen and oxygen atoms in total. The third-order valence-electron chi connectivity index (χ3n) is 2.97. The van der Waals surface area contributed by atoms with Gasteiger partial charge in [0.1, 0.15) is 18.2 Å². The van der Waals surface area contributed by atoms with Gasteiger partial charge in [-0.05, 0) is 24.3 Å². The number of ether oxygens (including phenoxy) is 1. The first-order valence-corrected chi connectivity index (χ1v) is 6.15. The monoisotopic (exact) mass is 250 g/mol. The maximum atomic E-state index is 5.96. The Labute approximate surface area is 111 Å². The van der Waals surface area contributed by atoms with Crippen molar-refractivity contribution in [3.63, 3.8) is 0 Å². The molecular weight excluding hydrogens is 236 g/mol. The van der Waals surface area contributed by atoms with Crippen molar-refractivity contribution in [1.29, 1.82) is 0 Å². The van der Waals surface area contributed by atoms with Crippen molar-refractivity contribution in [2.75, 3.05) is 5.73 Å². The van der Waals surface area contributed by atoms with E-state index >= 15 is 0 Å². The molecule has 0 spiro atoms. The number of hydrogen-bond acceptors (Lipinski definition) is 3. The SMILES string of the molecule is Nc1nc2ccccc2cc1COc1ccccc1. The first-order chi connectivity index (χ1) is 9.33. The van der Waals surface area contributed by atoms with E-state index in [2.05, 4.69) is 4.98 Å². The van der Waals surface area contributed by atoms with Crippen molar-refractivity contribution in [1.82, 2.24) is 4.98 Å². The van der Waals surface area contributed by atoms with Gasteiger partial charge in [-0.25, -0.2) is 4.98 Å². The standard InChI is InChI=1S/C16H14N2O/c17-16-13(11-19-14-7-2-1-3-8-14)10-12-6-4-5-9-15(12)18-16/h1-10H,11H2,(H2,17,18). The van der Waals surface area contributed by atoms with Crippen LogP contribution in [0.4, 0.5) is 5.82 Å². The largest absolute Gasteiger partial charge is 0.489 e. The Morgan fingerprint density at radius 3 is 2.53 bits per heavy atom. The molecule has 19 heavy (non-hydrogen) atoms. The van der Waals surface area contributed by atoms with Crippen LogP contribution in [0.25, 0.3) is 10.9 Å². The van der Waals surface area contributed by atoms with Crippen molar-refractivity contribution in [2.24, 2.45) is 0 Å². The molecule has 0 radical (unpaired) electrons. The van der Waals surface area contributed by atoms with E-state index in [-0.39, 0.29) is 0 Å². The molecule has 0 saturated heterocycles. The van der Waals surface area contributed by atoms with Crippen LogP contribution in [0.15, 0.2) is 60.7 Å². The summed E-state index contributed by atoms with van der Waals surface area (Å²) >= 11 is 0. The van der Waals surface area contributed by atoms with E-state index in [0.717, 1.165) is 22.2 Å². The normalized spacial score (nSPS) is 10.5. The third kappa shape index (κ3) is 2.50. The average Bonchev–Trinajstić information content (AvgIpc) is 2.46. The predicted octanol–water partition coefficient (Wildman–Crippen LogP) is 3.40. The molecule has 2 aromatic carbocycles. The highest BCUT2D eigenvalue weighted by Gasteiger charge is 2.04. The second-order valence-corrected chi connectivity index (χ2v) is 4.33. The van der Waals surface area contributed by atoms with Crippen LogP contribution in [0.2, 0.25) is 0 Å². The van der Waals surface area contributed by atoms with E-state index in [0.29, 0.717) is 12.4 Å². The third-order valence-corrected chi connectivity index (χ3v) is 2.97. The van der Waals surface area contributed by atoms with Gasteiger partial charge in [0.25, 0.3) is 0 Å². The number of fused-ring (bicyclic) bond motifs is 1. The molecule has 0 aliphatic rings. The van der Waals surface area contributed by atoms with Gasteiger partial charge in [-0.2, -0.15) is 0 Å². The molecule has 2 N–H and O–H groups in total. The van der Waals surface area contributed by atoms with Gasteiger partial charge in [0, 0.05) is 10.9 Å². The average molecular weight is 250 g/mol. The molecule has 0 amide bonds. The van der Waals surface area contributed by atoms with Crippen LogP contribution in [0.3, 0.4) is 0 Å². The minimum atomic E-state index is 0.424. The number of aromatic nitrogens is 1. The Bertz CT molecular complexity index is 695. The molecule has 1 aromatic heterocycles. The van der Waals surface area contributed by atoms with Gasteiger partial charge >= 0.3 is 0 Å². The molecule has 0 aliphatic carbocycles. The van der Waals surface area contributed by atoms with Crippen LogP contribution in [0.1, 0.15) is 5.56 Å². The van der Waals surface area contributed by atoms with Crippen LogP contribution in [-0.2, 0) is 6.61 Å². The maximum absolute atomic E-state index is 5.96. The van der Waals surface area contributed by atoms with E-state index in [1.54, 1.807) is 0 Å². The van der Waals surface area contributed by atoms with Gasteiger partial charge in [-0.3, -0.25) is 0 Å². The van der Waals surface area contributed by atoms with Gasteiger partial charge in [-0.1, -0.05) is 36.4 Å². The highest BCUT2D eigenvalue weighted by Crippen LogP contribution is 2.20. The number of pyridine rings is 1.